The minimum Gasteiger partial charge on any atom is -0.465 e. The van der Waals surface area contributed by atoms with Gasteiger partial charge >= 0.3 is 12.0 Å². The minimum absolute atomic E-state index is 0.0494. The normalized spacial score (nSPS) is 22.9. The van der Waals surface area contributed by atoms with Gasteiger partial charge in [-0.3, -0.25) is 14.9 Å². The number of carbonyl (C=O) groups is 2. The van der Waals surface area contributed by atoms with Gasteiger partial charge in [0.1, 0.15) is 5.92 Å². The van der Waals surface area contributed by atoms with Gasteiger partial charge < -0.3 is 10.1 Å². The van der Waals surface area contributed by atoms with E-state index in [1.807, 2.05) is 6.92 Å². The van der Waals surface area contributed by atoms with E-state index in [9.17, 15) is 19.7 Å². The van der Waals surface area contributed by atoms with Crippen LogP contribution in [0.5, 0.6) is 0 Å². The van der Waals surface area contributed by atoms with Crippen LogP contribution in [0.4, 0.5) is 10.5 Å². The molecule has 0 bridgehead atoms. The van der Waals surface area contributed by atoms with Gasteiger partial charge in [0.2, 0.25) is 0 Å². The highest BCUT2D eigenvalue weighted by atomic mass is 16.6. The van der Waals surface area contributed by atoms with Crippen LogP contribution in [0.3, 0.4) is 0 Å². The second-order valence-corrected chi connectivity index (χ2v) is 7.34. The zero-order chi connectivity index (χ0) is 20.1. The third kappa shape index (κ3) is 4.55. The van der Waals surface area contributed by atoms with Gasteiger partial charge in [0.15, 0.2) is 0 Å². The molecule has 0 radical (unpaired) electrons. The number of benzene rings is 1. The molecule has 0 saturated heterocycles. The van der Waals surface area contributed by atoms with Gasteiger partial charge in [0.25, 0.3) is 5.69 Å². The van der Waals surface area contributed by atoms with Crippen molar-refractivity contribution in [2.45, 2.75) is 51.5 Å². The summed E-state index contributed by atoms with van der Waals surface area (Å²) < 4.78 is 5.62. The number of non-ortho nitro benzene ring substituents is 1. The third-order valence-corrected chi connectivity index (χ3v) is 5.48. The van der Waals surface area contributed by atoms with Crippen molar-refractivity contribution < 1.29 is 19.2 Å². The van der Waals surface area contributed by atoms with E-state index >= 15 is 0 Å². The lowest BCUT2D eigenvalue weighted by Crippen LogP contribution is -2.45. The number of nitrogens with zero attached hydrogens (tertiary/aromatic N) is 2. The van der Waals surface area contributed by atoms with Crippen LogP contribution in [0, 0.1) is 22.0 Å². The molecule has 1 aliphatic carbocycles. The number of esters is 1. The molecule has 28 heavy (non-hydrogen) atoms. The number of hydrogen-bond acceptors (Lipinski definition) is 5. The topological polar surface area (TPSA) is 111 Å². The summed E-state index contributed by atoms with van der Waals surface area (Å²) in [7, 11) is 0. The fraction of sp³-hybridized carbons (Fsp3) is 0.550. The van der Waals surface area contributed by atoms with E-state index in [2.05, 4.69) is 10.3 Å². The summed E-state index contributed by atoms with van der Waals surface area (Å²) in [5.74, 6) is -0.752. The number of rotatable bonds is 6. The Morgan fingerprint density at radius 2 is 1.93 bits per heavy atom. The standard InChI is InChI=1S/C20H25N3O5/c1-2-16-17(19(24)28-12-13-6-4-3-5-7-13)18(22-20(25)21-16)14-8-10-15(11-9-14)23(26)27/h8-11,13,17-18H,2-7,12H2,1H3,(H,22,25). The first-order chi connectivity index (χ1) is 13.5. The maximum atomic E-state index is 12.9. The second kappa shape index (κ2) is 8.95. The molecule has 2 amide bonds. The van der Waals surface area contributed by atoms with Crippen molar-refractivity contribution in [1.29, 1.82) is 0 Å². The number of nitro benzene ring substituents is 1. The molecule has 8 heteroatoms. The molecule has 1 aromatic carbocycles. The van der Waals surface area contributed by atoms with E-state index in [4.69, 9.17) is 4.74 Å². The largest absolute Gasteiger partial charge is 0.465 e. The summed E-state index contributed by atoms with van der Waals surface area (Å²) in [6, 6.07) is 4.68. The van der Waals surface area contributed by atoms with E-state index in [1.54, 1.807) is 12.1 Å². The highest BCUT2D eigenvalue weighted by Crippen LogP contribution is 2.31. The van der Waals surface area contributed by atoms with Crippen molar-refractivity contribution in [2.75, 3.05) is 6.61 Å². The van der Waals surface area contributed by atoms with Gasteiger partial charge in [-0.2, -0.15) is 0 Å². The number of urea groups is 1. The van der Waals surface area contributed by atoms with Crippen molar-refractivity contribution in [3.63, 3.8) is 0 Å². The van der Waals surface area contributed by atoms with E-state index in [0.29, 0.717) is 30.2 Å². The average Bonchev–Trinajstić information content (AvgIpc) is 2.72. The van der Waals surface area contributed by atoms with Crippen molar-refractivity contribution in [3.8, 4) is 0 Å². The van der Waals surface area contributed by atoms with Crippen LogP contribution in [-0.2, 0) is 9.53 Å². The first kappa shape index (κ1) is 20.0. The predicted octanol–water partition coefficient (Wildman–Crippen LogP) is 3.95. The molecular weight excluding hydrogens is 362 g/mol. The van der Waals surface area contributed by atoms with Gasteiger partial charge in [-0.15, -0.1) is 0 Å². The Labute approximate surface area is 163 Å². The molecule has 8 nitrogen and oxygen atoms in total. The van der Waals surface area contributed by atoms with Crippen LogP contribution in [-0.4, -0.2) is 29.2 Å². The Kier molecular flexibility index (Phi) is 6.38. The molecule has 0 spiro atoms. The summed E-state index contributed by atoms with van der Waals surface area (Å²) >= 11 is 0. The quantitative estimate of drug-likeness (QED) is 0.451. The van der Waals surface area contributed by atoms with Crippen LogP contribution < -0.4 is 5.32 Å². The van der Waals surface area contributed by atoms with Crippen LogP contribution in [0.1, 0.15) is 57.1 Å². The number of ether oxygens (including phenoxy) is 1. The Balaban J connectivity index is 1.80. The first-order valence-corrected chi connectivity index (χ1v) is 9.78. The number of carbonyl (C=O) groups excluding carboxylic acids is 2. The van der Waals surface area contributed by atoms with Gasteiger partial charge in [-0.25, -0.2) is 9.79 Å². The molecule has 2 unspecified atom stereocenters. The van der Waals surface area contributed by atoms with E-state index in [-0.39, 0.29) is 5.69 Å². The molecule has 150 valence electrons. The molecule has 2 atom stereocenters. The van der Waals surface area contributed by atoms with Gasteiger partial charge in [-0.05, 0) is 30.7 Å². The average molecular weight is 387 g/mol. The number of hydrogen-bond donors (Lipinski definition) is 1. The smallest absolute Gasteiger partial charge is 0.341 e. The Morgan fingerprint density at radius 3 is 2.54 bits per heavy atom. The summed E-state index contributed by atoms with van der Waals surface area (Å²) in [5, 5.41) is 13.6. The molecular formula is C20H25N3O5. The van der Waals surface area contributed by atoms with Crippen molar-refractivity contribution in [3.05, 3.63) is 39.9 Å². The summed E-state index contributed by atoms with van der Waals surface area (Å²) in [6.45, 7) is 2.22. The SMILES string of the molecule is CCC1=NC(=O)NC(c2ccc([N+](=O)[O-])cc2)C1C(=O)OCC1CCCCC1. The van der Waals surface area contributed by atoms with Crippen molar-refractivity contribution in [1.82, 2.24) is 5.32 Å². The Morgan fingerprint density at radius 1 is 1.25 bits per heavy atom. The maximum Gasteiger partial charge on any atom is 0.341 e. The highest BCUT2D eigenvalue weighted by Gasteiger charge is 2.39. The van der Waals surface area contributed by atoms with E-state index in [1.165, 1.54) is 18.6 Å². The lowest BCUT2D eigenvalue weighted by molar-refractivity contribution is -0.384. The molecule has 1 aromatic rings. The highest BCUT2D eigenvalue weighted by molar-refractivity contribution is 6.09. The minimum atomic E-state index is -0.729. The van der Waals surface area contributed by atoms with Gasteiger partial charge in [0.05, 0.1) is 17.6 Å². The zero-order valence-corrected chi connectivity index (χ0v) is 15.9. The zero-order valence-electron chi connectivity index (χ0n) is 15.9. The number of aliphatic imine (C=N–C) groups is 1. The monoisotopic (exact) mass is 387 g/mol. The molecule has 3 rings (SSSR count). The van der Waals surface area contributed by atoms with Gasteiger partial charge in [-0.1, -0.05) is 38.3 Å². The number of amides is 2. The number of nitro groups is 1. The molecule has 1 heterocycles. The molecule has 1 saturated carbocycles. The lowest BCUT2D eigenvalue weighted by atomic mass is 9.86. The van der Waals surface area contributed by atoms with E-state index < -0.39 is 28.9 Å². The fourth-order valence-corrected chi connectivity index (χ4v) is 3.93. The Bertz CT molecular complexity index is 769. The summed E-state index contributed by atoms with van der Waals surface area (Å²) in [4.78, 5) is 39.3. The van der Waals surface area contributed by atoms with Gasteiger partial charge in [0, 0.05) is 17.8 Å². The Hall–Kier alpha value is -2.77. The van der Waals surface area contributed by atoms with E-state index in [0.717, 1.165) is 25.7 Å². The lowest BCUT2D eigenvalue weighted by Gasteiger charge is -2.31. The summed E-state index contributed by atoms with van der Waals surface area (Å²) in [6.07, 6.45) is 6.13. The van der Waals surface area contributed by atoms with Crippen LogP contribution in [0.2, 0.25) is 0 Å². The molecule has 1 N–H and O–H groups in total. The predicted molar refractivity (Wildman–Crippen MR) is 103 cm³/mol. The fourth-order valence-electron chi connectivity index (χ4n) is 3.93. The second-order valence-electron chi connectivity index (χ2n) is 7.34. The molecule has 1 fully saturated rings. The molecule has 1 aliphatic heterocycles. The molecule has 2 aliphatic rings. The summed E-state index contributed by atoms with van der Waals surface area (Å²) in [5.41, 5.74) is 1.03. The van der Waals surface area contributed by atoms with Crippen LogP contribution in [0.25, 0.3) is 0 Å². The molecule has 0 aromatic heterocycles. The first-order valence-electron chi connectivity index (χ1n) is 9.78. The van der Waals surface area contributed by atoms with Crippen LogP contribution in [0.15, 0.2) is 29.3 Å². The number of nitrogens with one attached hydrogen (secondary N) is 1. The maximum absolute atomic E-state index is 12.9. The van der Waals surface area contributed by atoms with Crippen LogP contribution >= 0.6 is 0 Å². The van der Waals surface area contributed by atoms with Crippen molar-refractivity contribution >= 4 is 23.4 Å². The third-order valence-electron chi connectivity index (χ3n) is 5.48. The van der Waals surface area contributed by atoms with Crippen molar-refractivity contribution in [2.24, 2.45) is 16.8 Å².